The molecule has 9 nitrogen and oxygen atoms in total. The Morgan fingerprint density at radius 1 is 1.06 bits per heavy atom. The van der Waals surface area contributed by atoms with E-state index in [1.807, 2.05) is 11.8 Å². The van der Waals surface area contributed by atoms with Gasteiger partial charge in [-0.25, -0.2) is 18.0 Å². The molecule has 0 aliphatic carbocycles. The van der Waals surface area contributed by atoms with Crippen LogP contribution in [0, 0.1) is 6.92 Å². The third-order valence-corrected chi connectivity index (χ3v) is 6.35. The van der Waals surface area contributed by atoms with Crippen LogP contribution < -0.4 is 9.62 Å². The number of carboxylic acids is 1. The molecule has 1 aliphatic rings. The van der Waals surface area contributed by atoms with Gasteiger partial charge in [-0.3, -0.25) is 4.72 Å². The predicted octanol–water partition coefficient (Wildman–Crippen LogP) is 2.77. The summed E-state index contributed by atoms with van der Waals surface area (Å²) in [5.74, 6) is -1.17. The van der Waals surface area contributed by atoms with E-state index in [9.17, 15) is 23.1 Å². The summed E-state index contributed by atoms with van der Waals surface area (Å²) in [5.41, 5.74) is 1.54. The number of benzene rings is 2. The van der Waals surface area contributed by atoms with E-state index in [1.54, 1.807) is 30.0 Å². The molecule has 1 fully saturated rings. The summed E-state index contributed by atoms with van der Waals surface area (Å²) < 4.78 is 32.7. The molecule has 0 radical (unpaired) electrons. The molecule has 31 heavy (non-hydrogen) atoms. The van der Waals surface area contributed by atoms with E-state index < -0.39 is 16.0 Å². The van der Waals surface area contributed by atoms with Crippen LogP contribution in [-0.2, 0) is 14.8 Å². The number of ether oxygens (including phenoxy) is 1. The summed E-state index contributed by atoms with van der Waals surface area (Å²) >= 11 is 0. The first-order chi connectivity index (χ1) is 14.7. The number of hydrogen-bond acceptors (Lipinski definition) is 6. The molecule has 1 amide bonds. The van der Waals surface area contributed by atoms with E-state index in [1.165, 1.54) is 24.3 Å². The number of piperazine rings is 1. The number of nitrogens with one attached hydrogen (secondary N) is 1. The molecule has 10 heteroatoms. The molecule has 0 bridgehead atoms. The van der Waals surface area contributed by atoms with Crippen molar-refractivity contribution in [1.82, 2.24) is 4.90 Å². The van der Waals surface area contributed by atoms with Crippen LogP contribution in [0.5, 0.6) is 0 Å². The third-order valence-electron chi connectivity index (χ3n) is 4.96. The molecule has 2 aromatic carbocycles. The first-order valence-corrected chi connectivity index (χ1v) is 11.3. The largest absolute Gasteiger partial charge is 0.478 e. The number of aryl methyl sites for hydroxylation is 1. The van der Waals surface area contributed by atoms with Gasteiger partial charge < -0.3 is 19.6 Å². The second-order valence-corrected chi connectivity index (χ2v) is 8.81. The molecule has 3 rings (SSSR count). The maximum Gasteiger partial charge on any atom is 0.409 e. The molecule has 0 atom stereocenters. The zero-order valence-corrected chi connectivity index (χ0v) is 18.2. The van der Waals surface area contributed by atoms with Gasteiger partial charge in [0.25, 0.3) is 10.0 Å². The number of carbonyl (C=O) groups excluding carboxylic acids is 1. The minimum Gasteiger partial charge on any atom is -0.478 e. The van der Waals surface area contributed by atoms with Crippen LogP contribution in [0.1, 0.15) is 22.8 Å². The zero-order chi connectivity index (χ0) is 22.6. The van der Waals surface area contributed by atoms with Gasteiger partial charge in [0.1, 0.15) is 0 Å². The lowest BCUT2D eigenvalue weighted by Gasteiger charge is -2.36. The van der Waals surface area contributed by atoms with E-state index >= 15 is 0 Å². The van der Waals surface area contributed by atoms with E-state index in [2.05, 4.69) is 4.72 Å². The first kappa shape index (κ1) is 22.4. The Balaban J connectivity index is 1.78. The van der Waals surface area contributed by atoms with Crippen molar-refractivity contribution in [3.8, 4) is 0 Å². The Kier molecular flexibility index (Phi) is 6.69. The van der Waals surface area contributed by atoms with E-state index in [0.717, 1.165) is 5.56 Å². The van der Waals surface area contributed by atoms with Crippen LogP contribution in [0.4, 0.5) is 16.2 Å². The molecule has 166 valence electrons. The van der Waals surface area contributed by atoms with Gasteiger partial charge in [0.05, 0.1) is 22.8 Å². The number of carboxylic acid groups (broad SMARTS) is 1. The number of rotatable bonds is 6. The average molecular weight is 448 g/mol. The van der Waals surface area contributed by atoms with Gasteiger partial charge >= 0.3 is 12.1 Å². The number of amides is 1. The molecule has 2 N–H and O–H groups in total. The standard InChI is InChI=1S/C21H25N3O6S/c1-3-30-21(27)24-12-10-23(11-13-24)19-9-6-16(14-18(19)20(25)26)22-31(28,29)17-7-4-15(2)5-8-17/h4-9,14,22H,3,10-13H2,1-2H3,(H,25,26). The third kappa shape index (κ3) is 5.26. The zero-order valence-electron chi connectivity index (χ0n) is 17.4. The van der Waals surface area contributed by atoms with Crippen LogP contribution in [0.2, 0.25) is 0 Å². The van der Waals surface area contributed by atoms with Gasteiger partial charge in [-0.15, -0.1) is 0 Å². The van der Waals surface area contributed by atoms with Crippen molar-refractivity contribution in [3.05, 3.63) is 53.6 Å². The molecular formula is C21H25N3O6S. The number of aromatic carboxylic acids is 1. The van der Waals surface area contributed by atoms with Crippen molar-refractivity contribution in [1.29, 1.82) is 0 Å². The first-order valence-electron chi connectivity index (χ1n) is 9.84. The Morgan fingerprint density at radius 3 is 2.29 bits per heavy atom. The molecule has 2 aromatic rings. The molecule has 1 heterocycles. The van der Waals surface area contributed by atoms with Crippen LogP contribution in [0.15, 0.2) is 47.4 Å². The Morgan fingerprint density at radius 2 is 1.71 bits per heavy atom. The molecule has 0 spiro atoms. The summed E-state index contributed by atoms with van der Waals surface area (Å²) in [6.45, 7) is 5.57. The topological polar surface area (TPSA) is 116 Å². The number of sulfonamides is 1. The normalized spacial score (nSPS) is 14.3. The highest BCUT2D eigenvalue weighted by atomic mass is 32.2. The lowest BCUT2D eigenvalue weighted by Crippen LogP contribution is -2.49. The van der Waals surface area contributed by atoms with Gasteiger partial charge in [0, 0.05) is 31.9 Å². The fraction of sp³-hybridized carbons (Fsp3) is 0.333. The smallest absolute Gasteiger partial charge is 0.409 e. The van der Waals surface area contributed by atoms with Crippen molar-refractivity contribution in [2.24, 2.45) is 0 Å². The maximum absolute atomic E-state index is 12.6. The molecule has 1 saturated heterocycles. The van der Waals surface area contributed by atoms with Crippen molar-refractivity contribution in [2.75, 3.05) is 42.4 Å². The van der Waals surface area contributed by atoms with E-state index in [4.69, 9.17) is 4.74 Å². The molecule has 0 aromatic heterocycles. The fourth-order valence-electron chi connectivity index (χ4n) is 3.32. The second kappa shape index (κ2) is 9.25. The highest BCUT2D eigenvalue weighted by molar-refractivity contribution is 7.92. The lowest BCUT2D eigenvalue weighted by atomic mass is 10.1. The van der Waals surface area contributed by atoms with E-state index in [0.29, 0.717) is 38.5 Å². The summed E-state index contributed by atoms with van der Waals surface area (Å²) in [7, 11) is -3.85. The number of carbonyl (C=O) groups is 2. The van der Waals surface area contributed by atoms with Crippen molar-refractivity contribution < 1.29 is 27.9 Å². The highest BCUT2D eigenvalue weighted by Gasteiger charge is 2.25. The average Bonchev–Trinajstić information content (AvgIpc) is 2.74. The maximum atomic E-state index is 12.6. The van der Waals surface area contributed by atoms with E-state index in [-0.39, 0.29) is 22.2 Å². The Bertz CT molecular complexity index is 1060. The summed E-state index contributed by atoms with van der Waals surface area (Å²) in [6.07, 6.45) is -0.388. The van der Waals surface area contributed by atoms with Gasteiger partial charge in [-0.05, 0) is 44.2 Å². The van der Waals surface area contributed by atoms with Crippen LogP contribution in [-0.4, -0.2) is 63.3 Å². The van der Waals surface area contributed by atoms with Gasteiger partial charge in [0.2, 0.25) is 0 Å². The minimum atomic E-state index is -3.85. The lowest BCUT2D eigenvalue weighted by molar-refractivity contribution is 0.0696. The van der Waals surface area contributed by atoms with Gasteiger partial charge in [0.15, 0.2) is 0 Å². The number of hydrogen-bond donors (Lipinski definition) is 2. The van der Waals surface area contributed by atoms with Crippen molar-refractivity contribution in [2.45, 2.75) is 18.7 Å². The van der Waals surface area contributed by atoms with Crippen LogP contribution in [0.25, 0.3) is 0 Å². The number of nitrogens with zero attached hydrogens (tertiary/aromatic N) is 2. The molecule has 0 saturated carbocycles. The minimum absolute atomic E-state index is 0.0197. The summed E-state index contributed by atoms with van der Waals surface area (Å²) in [6, 6.07) is 10.8. The predicted molar refractivity (Wildman–Crippen MR) is 116 cm³/mol. The highest BCUT2D eigenvalue weighted by Crippen LogP contribution is 2.27. The SMILES string of the molecule is CCOC(=O)N1CCN(c2ccc(NS(=O)(=O)c3ccc(C)cc3)cc2C(=O)O)CC1. The molecule has 1 aliphatic heterocycles. The molecular weight excluding hydrogens is 422 g/mol. The van der Waals surface area contributed by atoms with Crippen LogP contribution in [0.3, 0.4) is 0 Å². The van der Waals surface area contributed by atoms with Gasteiger partial charge in [-0.1, -0.05) is 17.7 Å². The Labute approximate surface area is 181 Å². The quantitative estimate of drug-likeness (QED) is 0.699. The molecule has 0 unspecified atom stereocenters. The fourth-order valence-corrected chi connectivity index (χ4v) is 4.37. The number of anilines is 2. The van der Waals surface area contributed by atoms with Crippen molar-refractivity contribution >= 4 is 33.5 Å². The van der Waals surface area contributed by atoms with Gasteiger partial charge in [-0.2, -0.15) is 0 Å². The summed E-state index contributed by atoms with van der Waals surface area (Å²) in [4.78, 5) is 27.2. The monoisotopic (exact) mass is 447 g/mol. The Hall–Kier alpha value is -3.27. The van der Waals surface area contributed by atoms with Crippen LogP contribution >= 0.6 is 0 Å². The summed E-state index contributed by atoms with van der Waals surface area (Å²) in [5, 5.41) is 9.69. The second-order valence-electron chi connectivity index (χ2n) is 7.13. The van der Waals surface area contributed by atoms with Crippen molar-refractivity contribution in [3.63, 3.8) is 0 Å².